The Bertz CT molecular complexity index is 403. The highest BCUT2D eigenvalue weighted by Crippen LogP contribution is 2.21. The van der Waals surface area contributed by atoms with Gasteiger partial charge in [0.25, 0.3) is 0 Å². The lowest BCUT2D eigenvalue weighted by molar-refractivity contribution is -0.162. The van der Waals surface area contributed by atoms with Crippen LogP contribution in [0.15, 0.2) is 0 Å². The van der Waals surface area contributed by atoms with Gasteiger partial charge in [0.15, 0.2) is 0 Å². The summed E-state index contributed by atoms with van der Waals surface area (Å²) in [6, 6.07) is 0. The van der Waals surface area contributed by atoms with Crippen LogP contribution in [0.4, 0.5) is 13.2 Å². The maximum Gasteiger partial charge on any atom is 0.397 e. The molecule has 0 unspecified atom stereocenters. The molecule has 2 amide bonds. The Balaban J connectivity index is 1.72. The molecule has 2 fully saturated rings. The van der Waals surface area contributed by atoms with E-state index in [1.165, 1.54) is 4.90 Å². The van der Waals surface area contributed by atoms with Crippen molar-refractivity contribution in [2.75, 3.05) is 59.0 Å². The van der Waals surface area contributed by atoms with Gasteiger partial charge < -0.3 is 14.5 Å². The first kappa shape index (κ1) is 17.0. The Kier molecular flexibility index (Phi) is 5.63. The van der Waals surface area contributed by atoms with E-state index in [1.807, 2.05) is 4.90 Å². The molecule has 2 heterocycles. The van der Waals surface area contributed by atoms with Gasteiger partial charge in [0.1, 0.15) is 6.42 Å². The zero-order valence-electron chi connectivity index (χ0n) is 12.3. The monoisotopic (exact) mass is 323 g/mol. The van der Waals surface area contributed by atoms with Crippen LogP contribution in [0, 0.1) is 0 Å². The predicted octanol–water partition coefficient (Wildman–Crippen LogP) is -0.0582. The molecule has 2 aliphatic rings. The van der Waals surface area contributed by atoms with Crippen LogP contribution in [0.3, 0.4) is 0 Å². The molecule has 2 aliphatic heterocycles. The van der Waals surface area contributed by atoms with E-state index in [1.54, 1.807) is 4.90 Å². The summed E-state index contributed by atoms with van der Waals surface area (Å²) >= 11 is 0. The number of hydrogen-bond donors (Lipinski definition) is 0. The number of ether oxygens (including phenoxy) is 1. The van der Waals surface area contributed by atoms with Crippen molar-refractivity contribution in [3.8, 4) is 0 Å². The second-order valence-electron chi connectivity index (χ2n) is 5.44. The first-order valence-electron chi connectivity index (χ1n) is 7.27. The minimum Gasteiger partial charge on any atom is -0.378 e. The molecule has 2 saturated heterocycles. The summed E-state index contributed by atoms with van der Waals surface area (Å²) in [6.45, 7) is 3.74. The van der Waals surface area contributed by atoms with Crippen molar-refractivity contribution in [2.45, 2.75) is 12.6 Å². The molecule has 0 spiro atoms. The molecule has 0 radical (unpaired) electrons. The molecular formula is C13H20F3N3O3. The average molecular weight is 323 g/mol. The van der Waals surface area contributed by atoms with Crippen LogP contribution < -0.4 is 0 Å². The van der Waals surface area contributed by atoms with Gasteiger partial charge in [-0.25, -0.2) is 0 Å². The molecule has 22 heavy (non-hydrogen) atoms. The Morgan fingerprint density at radius 1 is 0.864 bits per heavy atom. The highest BCUT2D eigenvalue weighted by atomic mass is 19.4. The van der Waals surface area contributed by atoms with Crippen molar-refractivity contribution in [3.05, 3.63) is 0 Å². The molecule has 0 aromatic heterocycles. The van der Waals surface area contributed by atoms with E-state index < -0.39 is 18.5 Å². The number of hydrogen-bond acceptors (Lipinski definition) is 4. The summed E-state index contributed by atoms with van der Waals surface area (Å²) in [7, 11) is 0. The number of halogens is 3. The highest BCUT2D eigenvalue weighted by molar-refractivity contribution is 5.79. The van der Waals surface area contributed by atoms with Gasteiger partial charge in [0.05, 0.1) is 19.8 Å². The van der Waals surface area contributed by atoms with E-state index in [4.69, 9.17) is 4.74 Å². The molecule has 0 aromatic rings. The smallest absolute Gasteiger partial charge is 0.378 e. The molecule has 0 saturated carbocycles. The molecular weight excluding hydrogens is 303 g/mol. The number of piperazine rings is 1. The molecule has 9 heteroatoms. The minimum absolute atomic E-state index is 0.00151. The third kappa shape index (κ3) is 5.13. The third-order valence-electron chi connectivity index (χ3n) is 3.80. The van der Waals surface area contributed by atoms with Gasteiger partial charge >= 0.3 is 6.18 Å². The predicted molar refractivity (Wildman–Crippen MR) is 71.1 cm³/mol. The summed E-state index contributed by atoms with van der Waals surface area (Å²) in [4.78, 5) is 28.4. The molecule has 2 rings (SSSR count). The summed E-state index contributed by atoms with van der Waals surface area (Å²) in [6.07, 6.45) is -5.89. The van der Waals surface area contributed by atoms with Gasteiger partial charge in [-0.05, 0) is 0 Å². The van der Waals surface area contributed by atoms with Crippen LogP contribution in [0.1, 0.15) is 6.42 Å². The van der Waals surface area contributed by atoms with Crippen LogP contribution in [-0.2, 0) is 14.3 Å². The van der Waals surface area contributed by atoms with Crippen molar-refractivity contribution in [1.29, 1.82) is 0 Å². The molecule has 0 N–H and O–H groups in total. The quantitative estimate of drug-likeness (QED) is 0.730. The van der Waals surface area contributed by atoms with Crippen molar-refractivity contribution < 1.29 is 27.5 Å². The fraction of sp³-hybridized carbons (Fsp3) is 0.846. The van der Waals surface area contributed by atoms with E-state index in [2.05, 4.69) is 0 Å². The second-order valence-corrected chi connectivity index (χ2v) is 5.44. The lowest BCUT2D eigenvalue weighted by Gasteiger charge is -2.36. The number of carbonyl (C=O) groups is 2. The van der Waals surface area contributed by atoms with E-state index in [9.17, 15) is 22.8 Å². The first-order chi connectivity index (χ1) is 10.3. The number of amides is 2. The summed E-state index contributed by atoms with van der Waals surface area (Å²) < 4.78 is 41.8. The SMILES string of the molecule is O=C(CN1CCN(C(=O)CC(F)(F)F)CC1)N1CCOCC1. The lowest BCUT2D eigenvalue weighted by Crippen LogP contribution is -2.53. The van der Waals surface area contributed by atoms with Gasteiger partial charge in [-0.3, -0.25) is 14.5 Å². The van der Waals surface area contributed by atoms with Gasteiger partial charge in [-0.15, -0.1) is 0 Å². The zero-order chi connectivity index (χ0) is 16.2. The van der Waals surface area contributed by atoms with Crippen molar-refractivity contribution in [3.63, 3.8) is 0 Å². The van der Waals surface area contributed by atoms with Gasteiger partial charge in [0, 0.05) is 39.3 Å². The maximum atomic E-state index is 12.2. The van der Waals surface area contributed by atoms with E-state index in [0.717, 1.165) is 0 Å². The number of carbonyl (C=O) groups excluding carboxylic acids is 2. The standard InChI is InChI=1S/C13H20F3N3O3/c14-13(15,16)9-11(20)18-3-1-17(2-4-18)10-12(21)19-5-7-22-8-6-19/h1-10H2. The van der Waals surface area contributed by atoms with E-state index >= 15 is 0 Å². The van der Waals surface area contributed by atoms with Gasteiger partial charge in [-0.1, -0.05) is 0 Å². The summed E-state index contributed by atoms with van der Waals surface area (Å²) in [5, 5.41) is 0. The van der Waals surface area contributed by atoms with Crippen LogP contribution in [0.2, 0.25) is 0 Å². The first-order valence-corrected chi connectivity index (χ1v) is 7.27. The number of morpholine rings is 1. The van der Waals surface area contributed by atoms with Crippen molar-refractivity contribution >= 4 is 11.8 Å². The highest BCUT2D eigenvalue weighted by Gasteiger charge is 2.34. The van der Waals surface area contributed by atoms with E-state index in [-0.39, 0.29) is 25.5 Å². The molecule has 0 aromatic carbocycles. The van der Waals surface area contributed by atoms with Crippen LogP contribution >= 0.6 is 0 Å². The molecule has 6 nitrogen and oxygen atoms in total. The molecule has 126 valence electrons. The number of alkyl halides is 3. The molecule has 0 atom stereocenters. The van der Waals surface area contributed by atoms with Crippen molar-refractivity contribution in [1.82, 2.24) is 14.7 Å². The fourth-order valence-electron chi connectivity index (χ4n) is 2.54. The zero-order valence-corrected chi connectivity index (χ0v) is 12.3. The van der Waals surface area contributed by atoms with Crippen LogP contribution in [-0.4, -0.2) is 91.7 Å². The Labute approximate surface area is 126 Å². The Hall–Kier alpha value is -1.35. The second kappa shape index (κ2) is 7.28. The fourth-order valence-corrected chi connectivity index (χ4v) is 2.54. The number of rotatable bonds is 3. The summed E-state index contributed by atoms with van der Waals surface area (Å²) in [5.74, 6) is -0.898. The van der Waals surface area contributed by atoms with Gasteiger partial charge in [-0.2, -0.15) is 13.2 Å². The Morgan fingerprint density at radius 3 is 1.95 bits per heavy atom. The topological polar surface area (TPSA) is 53.1 Å². The van der Waals surface area contributed by atoms with Crippen molar-refractivity contribution in [2.24, 2.45) is 0 Å². The average Bonchev–Trinajstić information content (AvgIpc) is 2.47. The normalized spacial score (nSPS) is 21.0. The molecule has 0 aliphatic carbocycles. The lowest BCUT2D eigenvalue weighted by atomic mass is 10.2. The van der Waals surface area contributed by atoms with Gasteiger partial charge in [0.2, 0.25) is 11.8 Å². The maximum absolute atomic E-state index is 12.2. The minimum atomic E-state index is -4.47. The Morgan fingerprint density at radius 2 is 1.41 bits per heavy atom. The van der Waals surface area contributed by atoms with Crippen LogP contribution in [0.5, 0.6) is 0 Å². The van der Waals surface area contributed by atoms with Crippen LogP contribution in [0.25, 0.3) is 0 Å². The third-order valence-corrected chi connectivity index (χ3v) is 3.80. The molecule has 0 bridgehead atoms. The summed E-state index contributed by atoms with van der Waals surface area (Å²) in [5.41, 5.74) is 0. The largest absolute Gasteiger partial charge is 0.397 e. The number of nitrogens with zero attached hydrogens (tertiary/aromatic N) is 3. The van der Waals surface area contributed by atoms with E-state index in [0.29, 0.717) is 39.4 Å².